The third-order valence-electron chi connectivity index (χ3n) is 4.81. The Balaban J connectivity index is 1.38. The fourth-order valence-electron chi connectivity index (χ4n) is 3.34. The Morgan fingerprint density at radius 3 is 2.83 bits per heavy atom. The maximum absolute atomic E-state index is 12.2. The Morgan fingerprint density at radius 2 is 2.03 bits per heavy atom. The number of nitrogens with zero attached hydrogens (tertiary/aromatic N) is 3. The Hall–Kier alpha value is -3.68. The predicted molar refractivity (Wildman–Crippen MR) is 108 cm³/mol. The van der Waals surface area contributed by atoms with Crippen molar-refractivity contribution in [2.24, 2.45) is 0 Å². The molecule has 148 valence electrons. The lowest BCUT2D eigenvalue weighted by molar-refractivity contribution is -0.118. The third kappa shape index (κ3) is 4.11. The molecule has 2 aromatic carbocycles. The largest absolute Gasteiger partial charge is 0.484 e. The highest BCUT2D eigenvalue weighted by molar-refractivity contribution is 5.92. The molecule has 8 nitrogen and oxygen atoms in total. The SMILES string of the molecule is CCc1ccccc1NC(=O)COc1ccc([C@@H]2CC(=O)Nc3ncnn32)cc1. The van der Waals surface area contributed by atoms with Gasteiger partial charge in [0.2, 0.25) is 11.9 Å². The van der Waals surface area contributed by atoms with Gasteiger partial charge >= 0.3 is 0 Å². The number of nitrogens with one attached hydrogen (secondary N) is 2. The van der Waals surface area contributed by atoms with Gasteiger partial charge in [-0.25, -0.2) is 4.68 Å². The minimum atomic E-state index is -0.218. The molecule has 2 N–H and O–H groups in total. The van der Waals surface area contributed by atoms with Gasteiger partial charge in [-0.05, 0) is 35.7 Å². The first kappa shape index (κ1) is 18.7. The summed E-state index contributed by atoms with van der Waals surface area (Å²) in [6.07, 6.45) is 2.54. The van der Waals surface area contributed by atoms with E-state index < -0.39 is 0 Å². The van der Waals surface area contributed by atoms with E-state index in [4.69, 9.17) is 4.74 Å². The molecule has 1 aliphatic heterocycles. The Labute approximate surface area is 167 Å². The molecule has 0 aliphatic carbocycles. The fourth-order valence-corrected chi connectivity index (χ4v) is 3.34. The van der Waals surface area contributed by atoms with Crippen molar-refractivity contribution >= 4 is 23.5 Å². The van der Waals surface area contributed by atoms with Gasteiger partial charge in [-0.2, -0.15) is 10.1 Å². The number of carbonyl (C=O) groups is 2. The molecule has 4 rings (SSSR count). The zero-order chi connectivity index (χ0) is 20.2. The first-order valence-corrected chi connectivity index (χ1v) is 9.44. The summed E-state index contributed by atoms with van der Waals surface area (Å²) in [6, 6.07) is 14.8. The van der Waals surface area contributed by atoms with Crippen LogP contribution in [0.25, 0.3) is 0 Å². The van der Waals surface area contributed by atoms with Crippen LogP contribution in [-0.2, 0) is 16.0 Å². The minimum Gasteiger partial charge on any atom is -0.484 e. The molecule has 0 fully saturated rings. The summed E-state index contributed by atoms with van der Waals surface area (Å²) in [4.78, 5) is 28.1. The van der Waals surface area contributed by atoms with Crippen LogP contribution in [0.4, 0.5) is 11.6 Å². The number of ether oxygens (including phenoxy) is 1. The molecule has 0 saturated heterocycles. The topological polar surface area (TPSA) is 98.1 Å². The van der Waals surface area contributed by atoms with Gasteiger partial charge in [-0.3, -0.25) is 14.9 Å². The summed E-state index contributed by atoms with van der Waals surface area (Å²) in [5, 5.41) is 9.77. The van der Waals surface area contributed by atoms with Crippen molar-refractivity contribution < 1.29 is 14.3 Å². The van der Waals surface area contributed by atoms with Crippen molar-refractivity contribution in [2.75, 3.05) is 17.2 Å². The fraction of sp³-hybridized carbons (Fsp3) is 0.238. The van der Waals surface area contributed by atoms with Gasteiger partial charge in [0, 0.05) is 5.69 Å². The zero-order valence-electron chi connectivity index (χ0n) is 16.0. The van der Waals surface area contributed by atoms with E-state index in [-0.39, 0.29) is 30.9 Å². The second kappa shape index (κ2) is 8.14. The number of anilines is 2. The van der Waals surface area contributed by atoms with Crippen molar-refractivity contribution in [2.45, 2.75) is 25.8 Å². The monoisotopic (exact) mass is 391 g/mol. The molecule has 8 heteroatoms. The van der Waals surface area contributed by atoms with Crippen LogP contribution in [0.1, 0.15) is 30.5 Å². The molecule has 1 atom stereocenters. The number of aryl methyl sites for hydroxylation is 1. The first-order chi connectivity index (χ1) is 14.1. The van der Waals surface area contributed by atoms with E-state index in [1.165, 1.54) is 6.33 Å². The number of rotatable bonds is 6. The summed E-state index contributed by atoms with van der Waals surface area (Å²) in [7, 11) is 0. The van der Waals surface area contributed by atoms with Crippen LogP contribution in [0.15, 0.2) is 54.9 Å². The molecule has 0 saturated carbocycles. The highest BCUT2D eigenvalue weighted by Gasteiger charge is 2.27. The van der Waals surface area contributed by atoms with E-state index in [2.05, 4.69) is 20.7 Å². The number of amides is 2. The van der Waals surface area contributed by atoms with Crippen LogP contribution < -0.4 is 15.4 Å². The van der Waals surface area contributed by atoms with Gasteiger partial charge in [0.1, 0.15) is 12.1 Å². The third-order valence-corrected chi connectivity index (χ3v) is 4.81. The van der Waals surface area contributed by atoms with Crippen LogP contribution in [0.3, 0.4) is 0 Å². The van der Waals surface area contributed by atoms with Crippen molar-refractivity contribution in [3.05, 3.63) is 66.0 Å². The van der Waals surface area contributed by atoms with Crippen molar-refractivity contribution in [1.29, 1.82) is 0 Å². The second-order valence-corrected chi connectivity index (χ2v) is 6.71. The number of hydrogen-bond donors (Lipinski definition) is 2. The highest BCUT2D eigenvalue weighted by atomic mass is 16.5. The molecule has 0 bridgehead atoms. The molecule has 2 heterocycles. The molecule has 29 heavy (non-hydrogen) atoms. The summed E-state index contributed by atoms with van der Waals surface area (Å²) in [5.41, 5.74) is 2.80. The first-order valence-electron chi connectivity index (χ1n) is 9.44. The second-order valence-electron chi connectivity index (χ2n) is 6.71. The van der Waals surface area contributed by atoms with E-state index in [0.717, 1.165) is 23.2 Å². The van der Waals surface area contributed by atoms with Crippen LogP contribution in [0.5, 0.6) is 5.75 Å². The Morgan fingerprint density at radius 1 is 1.24 bits per heavy atom. The minimum absolute atomic E-state index is 0.0869. The maximum Gasteiger partial charge on any atom is 0.262 e. The van der Waals surface area contributed by atoms with E-state index >= 15 is 0 Å². The molecule has 2 amide bonds. The smallest absolute Gasteiger partial charge is 0.262 e. The van der Waals surface area contributed by atoms with Gasteiger partial charge in [0.15, 0.2) is 6.61 Å². The van der Waals surface area contributed by atoms with Gasteiger partial charge in [0.05, 0.1) is 12.5 Å². The van der Waals surface area contributed by atoms with Crippen LogP contribution in [0.2, 0.25) is 0 Å². The average Bonchev–Trinajstić information content (AvgIpc) is 3.21. The summed E-state index contributed by atoms with van der Waals surface area (Å²) in [5.74, 6) is 0.702. The number of fused-ring (bicyclic) bond motifs is 1. The zero-order valence-corrected chi connectivity index (χ0v) is 16.0. The normalized spacial score (nSPS) is 15.3. The standard InChI is InChI=1S/C21H21N5O3/c1-2-14-5-3-4-6-17(14)24-20(28)12-29-16-9-7-15(8-10-16)18-11-19(27)25-21-22-13-23-26(18)21/h3-10,13,18H,2,11-12H2,1H3,(H,24,28)(H,22,23,25,27)/t18-/m0/s1. The van der Waals surface area contributed by atoms with Crippen molar-refractivity contribution in [3.8, 4) is 5.75 Å². The Bertz CT molecular complexity index is 1030. The van der Waals surface area contributed by atoms with Crippen molar-refractivity contribution in [3.63, 3.8) is 0 Å². The van der Waals surface area contributed by atoms with E-state index in [1.807, 2.05) is 43.3 Å². The maximum atomic E-state index is 12.2. The lowest BCUT2D eigenvalue weighted by atomic mass is 10.0. The lowest BCUT2D eigenvalue weighted by Gasteiger charge is -2.23. The number of carbonyl (C=O) groups excluding carboxylic acids is 2. The van der Waals surface area contributed by atoms with Crippen LogP contribution in [0, 0.1) is 0 Å². The number of benzene rings is 2. The predicted octanol–water partition coefficient (Wildman–Crippen LogP) is 2.79. The lowest BCUT2D eigenvalue weighted by Crippen LogP contribution is -2.29. The van der Waals surface area contributed by atoms with Gasteiger partial charge in [0.25, 0.3) is 5.91 Å². The molecule has 0 spiro atoms. The van der Waals surface area contributed by atoms with Crippen LogP contribution in [-0.4, -0.2) is 33.2 Å². The number of para-hydroxylation sites is 1. The summed E-state index contributed by atoms with van der Waals surface area (Å²) >= 11 is 0. The van der Waals surface area contributed by atoms with Gasteiger partial charge < -0.3 is 10.1 Å². The highest BCUT2D eigenvalue weighted by Crippen LogP contribution is 2.29. The van der Waals surface area contributed by atoms with Crippen LogP contribution >= 0.6 is 0 Å². The van der Waals surface area contributed by atoms with Crippen molar-refractivity contribution in [1.82, 2.24) is 14.8 Å². The number of aromatic nitrogens is 3. The van der Waals surface area contributed by atoms with Gasteiger partial charge in [-0.15, -0.1) is 0 Å². The molecular formula is C21H21N5O3. The summed E-state index contributed by atoms with van der Waals surface area (Å²) < 4.78 is 7.30. The number of hydrogen-bond acceptors (Lipinski definition) is 5. The summed E-state index contributed by atoms with van der Waals surface area (Å²) in [6.45, 7) is 1.96. The molecule has 3 aromatic rings. The molecule has 0 unspecified atom stereocenters. The van der Waals surface area contributed by atoms with E-state index in [1.54, 1.807) is 16.8 Å². The average molecular weight is 391 g/mol. The van der Waals surface area contributed by atoms with E-state index in [0.29, 0.717) is 11.7 Å². The molecule has 1 aromatic heterocycles. The Kier molecular flexibility index (Phi) is 5.24. The van der Waals surface area contributed by atoms with E-state index in [9.17, 15) is 9.59 Å². The molecule has 1 aliphatic rings. The quantitative estimate of drug-likeness (QED) is 0.673. The molecular weight excluding hydrogens is 370 g/mol. The van der Waals surface area contributed by atoms with Gasteiger partial charge in [-0.1, -0.05) is 37.3 Å². The molecule has 0 radical (unpaired) electrons.